The molecule has 0 aliphatic carbocycles. The Kier molecular flexibility index (Phi) is 7.79. The summed E-state index contributed by atoms with van der Waals surface area (Å²) in [4.78, 5) is 6.55. The maximum atomic E-state index is 10.9. The summed E-state index contributed by atoms with van der Waals surface area (Å²) in [5, 5.41) is 28.7. The van der Waals surface area contributed by atoms with Crippen molar-refractivity contribution in [2.24, 2.45) is 0 Å². The van der Waals surface area contributed by atoms with Gasteiger partial charge in [0.25, 0.3) is 0 Å². The predicted molar refractivity (Wildman–Crippen MR) is 147 cm³/mol. The van der Waals surface area contributed by atoms with Crippen molar-refractivity contribution in [2.45, 2.75) is 18.8 Å². The second kappa shape index (κ2) is 11.2. The molecule has 1 saturated heterocycles. The van der Waals surface area contributed by atoms with Crippen LogP contribution in [-0.4, -0.2) is 67.7 Å². The fraction of sp³-hybridized carbons (Fsp3) is 0.333. The molecule has 3 heterocycles. The van der Waals surface area contributed by atoms with Gasteiger partial charge in [-0.2, -0.15) is 5.26 Å². The van der Waals surface area contributed by atoms with Crippen molar-refractivity contribution in [3.8, 4) is 17.6 Å². The smallest absolute Gasteiger partial charge is 0.145 e. The van der Waals surface area contributed by atoms with E-state index in [2.05, 4.69) is 21.7 Å². The molecule has 5 rings (SSSR count). The number of methoxy groups -OCH3 is 2. The summed E-state index contributed by atoms with van der Waals surface area (Å²) < 4.78 is 17.0. The SMILES string of the molecule is COc1cc(Nc2c(C#N)cnc3cc(C4=COC(C(O)N5CCNCC5)C4)c(OC)cc23)c(Cl)cc1Cl. The van der Waals surface area contributed by atoms with Gasteiger partial charge in [-0.25, -0.2) is 0 Å². The number of nitrogens with one attached hydrogen (secondary N) is 2. The van der Waals surface area contributed by atoms with Gasteiger partial charge in [0.1, 0.15) is 29.9 Å². The molecule has 0 amide bonds. The molecule has 2 aromatic carbocycles. The summed E-state index contributed by atoms with van der Waals surface area (Å²) >= 11 is 12.6. The average molecular weight is 556 g/mol. The number of nitriles is 1. The third-order valence-corrected chi connectivity index (χ3v) is 7.43. The lowest BCUT2D eigenvalue weighted by molar-refractivity contribution is -0.0826. The zero-order valence-electron chi connectivity index (χ0n) is 20.9. The molecular formula is C27H27Cl2N5O4. The molecule has 9 nitrogen and oxygen atoms in total. The van der Waals surface area contributed by atoms with E-state index in [0.29, 0.717) is 55.8 Å². The van der Waals surface area contributed by atoms with Gasteiger partial charge in [-0.1, -0.05) is 23.2 Å². The molecule has 2 unspecified atom stereocenters. The number of halogens is 2. The van der Waals surface area contributed by atoms with E-state index in [1.165, 1.54) is 13.3 Å². The molecule has 0 saturated carbocycles. The van der Waals surface area contributed by atoms with Crippen molar-refractivity contribution >= 4 is 51.1 Å². The van der Waals surface area contributed by atoms with E-state index in [-0.39, 0.29) is 6.10 Å². The topological polar surface area (TPSA) is 112 Å². The predicted octanol–water partition coefficient (Wildman–Crippen LogP) is 4.53. The van der Waals surface area contributed by atoms with E-state index in [9.17, 15) is 10.4 Å². The molecule has 2 atom stereocenters. The number of anilines is 2. The lowest BCUT2D eigenvalue weighted by Crippen LogP contribution is -2.52. The fourth-order valence-corrected chi connectivity index (χ4v) is 5.30. The van der Waals surface area contributed by atoms with Crippen LogP contribution in [0, 0.1) is 11.3 Å². The second-order valence-electron chi connectivity index (χ2n) is 9.04. The number of rotatable bonds is 7. The highest BCUT2D eigenvalue weighted by molar-refractivity contribution is 6.37. The summed E-state index contributed by atoms with van der Waals surface area (Å²) in [5.74, 6) is 1.03. The van der Waals surface area contributed by atoms with Gasteiger partial charge in [-0.05, 0) is 18.2 Å². The monoisotopic (exact) mass is 555 g/mol. The molecule has 2 aliphatic heterocycles. The number of hydrogen-bond acceptors (Lipinski definition) is 9. The van der Waals surface area contributed by atoms with E-state index in [4.69, 9.17) is 37.4 Å². The Morgan fingerprint density at radius 2 is 1.92 bits per heavy atom. The number of benzene rings is 2. The van der Waals surface area contributed by atoms with Gasteiger partial charge in [0.05, 0.1) is 53.0 Å². The highest BCUT2D eigenvalue weighted by Gasteiger charge is 2.32. The highest BCUT2D eigenvalue weighted by atomic mass is 35.5. The van der Waals surface area contributed by atoms with E-state index in [1.54, 1.807) is 25.5 Å². The van der Waals surface area contributed by atoms with Crippen molar-refractivity contribution in [1.29, 1.82) is 5.26 Å². The van der Waals surface area contributed by atoms with Crippen LogP contribution in [0.15, 0.2) is 36.7 Å². The first kappa shape index (κ1) is 26.4. The third kappa shape index (κ3) is 5.06. The number of piperazine rings is 1. The van der Waals surface area contributed by atoms with Crippen molar-refractivity contribution < 1.29 is 19.3 Å². The standard InChI is InChI=1S/C27H27Cl2N5O4/c1-36-23-9-18-21(8-17(23)15-7-25(38-14-15)27(35)34-5-3-31-4-6-34)32-13-16(12-30)26(18)33-22-11-24(37-2)20(29)10-19(22)28/h8-11,13-14,25,27,31,35H,3-7H2,1-2H3,(H,32,33). The number of ether oxygens (including phenoxy) is 3. The van der Waals surface area contributed by atoms with Crippen LogP contribution < -0.4 is 20.1 Å². The van der Waals surface area contributed by atoms with Crippen LogP contribution in [0.1, 0.15) is 17.5 Å². The van der Waals surface area contributed by atoms with Crippen molar-refractivity contribution in [2.75, 3.05) is 45.7 Å². The Labute approximate surface area is 230 Å². The molecule has 38 heavy (non-hydrogen) atoms. The summed E-state index contributed by atoms with van der Waals surface area (Å²) in [6.07, 6.45) is 2.64. The number of aliphatic hydroxyl groups excluding tert-OH is 1. The molecule has 1 aromatic heterocycles. The van der Waals surface area contributed by atoms with Crippen LogP contribution in [0.4, 0.5) is 11.4 Å². The van der Waals surface area contributed by atoms with Gasteiger partial charge in [0, 0.05) is 61.4 Å². The summed E-state index contributed by atoms with van der Waals surface area (Å²) in [6, 6.07) is 9.18. The van der Waals surface area contributed by atoms with Crippen LogP contribution in [0.3, 0.4) is 0 Å². The first-order valence-corrected chi connectivity index (χ1v) is 12.9. The second-order valence-corrected chi connectivity index (χ2v) is 9.86. The van der Waals surface area contributed by atoms with Crippen molar-refractivity contribution in [3.63, 3.8) is 0 Å². The first-order valence-electron chi connectivity index (χ1n) is 12.1. The van der Waals surface area contributed by atoms with E-state index in [1.807, 2.05) is 17.0 Å². The molecule has 1 fully saturated rings. The Bertz CT molecular complexity index is 1440. The van der Waals surface area contributed by atoms with Gasteiger partial charge in [-0.15, -0.1) is 0 Å². The van der Waals surface area contributed by atoms with Crippen molar-refractivity contribution in [3.05, 3.63) is 57.9 Å². The average Bonchev–Trinajstić information content (AvgIpc) is 3.44. The Hall–Kier alpha value is -3.26. The summed E-state index contributed by atoms with van der Waals surface area (Å²) in [5.41, 5.74) is 3.73. The largest absolute Gasteiger partial charge is 0.496 e. The minimum atomic E-state index is -0.703. The van der Waals surface area contributed by atoms with Gasteiger partial charge in [-0.3, -0.25) is 9.88 Å². The quantitative estimate of drug-likeness (QED) is 0.387. The highest BCUT2D eigenvalue weighted by Crippen LogP contribution is 2.41. The Balaban J connectivity index is 1.49. The van der Waals surface area contributed by atoms with E-state index in [0.717, 1.165) is 37.3 Å². The maximum Gasteiger partial charge on any atom is 0.145 e. The van der Waals surface area contributed by atoms with E-state index >= 15 is 0 Å². The molecule has 198 valence electrons. The zero-order valence-corrected chi connectivity index (χ0v) is 22.4. The van der Waals surface area contributed by atoms with Crippen LogP contribution in [0.25, 0.3) is 16.5 Å². The first-order chi connectivity index (χ1) is 18.4. The zero-order chi connectivity index (χ0) is 26.8. The van der Waals surface area contributed by atoms with Gasteiger partial charge >= 0.3 is 0 Å². The van der Waals surface area contributed by atoms with Gasteiger partial charge in [0.2, 0.25) is 0 Å². The number of pyridine rings is 1. The molecule has 3 aromatic rings. The lowest BCUT2D eigenvalue weighted by Gasteiger charge is -2.34. The summed E-state index contributed by atoms with van der Waals surface area (Å²) in [6.45, 7) is 3.20. The third-order valence-electron chi connectivity index (χ3n) is 6.82. The Morgan fingerprint density at radius 1 is 1.16 bits per heavy atom. The number of fused-ring (bicyclic) bond motifs is 1. The van der Waals surface area contributed by atoms with Gasteiger partial charge in [0.15, 0.2) is 0 Å². The fourth-order valence-electron chi connectivity index (χ4n) is 4.79. The van der Waals surface area contributed by atoms with Crippen LogP contribution in [0.2, 0.25) is 10.0 Å². The van der Waals surface area contributed by atoms with Crippen LogP contribution in [0.5, 0.6) is 11.5 Å². The number of aromatic nitrogens is 1. The number of aliphatic hydroxyl groups is 1. The molecule has 0 spiro atoms. The van der Waals surface area contributed by atoms with Gasteiger partial charge < -0.3 is 30.0 Å². The molecule has 11 heteroatoms. The Morgan fingerprint density at radius 3 is 2.63 bits per heavy atom. The maximum absolute atomic E-state index is 10.9. The number of hydrogen-bond donors (Lipinski definition) is 3. The molecule has 0 radical (unpaired) electrons. The van der Waals surface area contributed by atoms with Crippen LogP contribution in [-0.2, 0) is 4.74 Å². The molecule has 3 N–H and O–H groups in total. The minimum Gasteiger partial charge on any atom is -0.496 e. The summed E-state index contributed by atoms with van der Waals surface area (Å²) in [7, 11) is 3.10. The minimum absolute atomic E-state index is 0.333. The molecule has 2 aliphatic rings. The number of nitrogens with zero attached hydrogens (tertiary/aromatic N) is 3. The normalized spacial score (nSPS) is 18.4. The molecule has 0 bridgehead atoms. The lowest BCUT2D eigenvalue weighted by atomic mass is 9.97. The van der Waals surface area contributed by atoms with Crippen LogP contribution >= 0.6 is 23.2 Å². The van der Waals surface area contributed by atoms with Crippen molar-refractivity contribution in [1.82, 2.24) is 15.2 Å². The molecular weight excluding hydrogens is 529 g/mol. The van der Waals surface area contributed by atoms with E-state index < -0.39 is 6.23 Å².